The first-order valence-corrected chi connectivity index (χ1v) is 7.99. The Labute approximate surface area is 115 Å². The Kier molecular flexibility index (Phi) is 5.01. The van der Waals surface area contributed by atoms with E-state index in [9.17, 15) is 0 Å². The van der Waals surface area contributed by atoms with Gasteiger partial charge in [-0.1, -0.05) is 20.3 Å². The van der Waals surface area contributed by atoms with Gasteiger partial charge >= 0.3 is 0 Å². The maximum absolute atomic E-state index is 4.75. The summed E-state index contributed by atoms with van der Waals surface area (Å²) < 4.78 is 0. The van der Waals surface area contributed by atoms with Crippen LogP contribution in [0.2, 0.25) is 0 Å². The van der Waals surface area contributed by atoms with Crippen molar-refractivity contribution < 1.29 is 0 Å². The minimum Gasteiger partial charge on any atom is -0.348 e. The number of hydrogen-bond donors (Lipinski definition) is 1. The SMILES string of the molecule is CCN(CC1CCC1)c1nc(CNC(C)C)cs1. The van der Waals surface area contributed by atoms with Crippen LogP contribution < -0.4 is 10.2 Å². The third-order valence-electron chi connectivity index (χ3n) is 3.59. The van der Waals surface area contributed by atoms with Crippen LogP contribution in [0.25, 0.3) is 0 Å². The van der Waals surface area contributed by atoms with Crippen LogP contribution in [0.5, 0.6) is 0 Å². The van der Waals surface area contributed by atoms with E-state index in [0.29, 0.717) is 6.04 Å². The fourth-order valence-corrected chi connectivity index (χ4v) is 3.06. The lowest BCUT2D eigenvalue weighted by Gasteiger charge is -2.31. The van der Waals surface area contributed by atoms with Crippen LogP contribution in [-0.2, 0) is 6.54 Å². The fraction of sp³-hybridized carbons (Fsp3) is 0.786. The molecule has 0 aromatic carbocycles. The minimum absolute atomic E-state index is 0.521. The molecule has 0 atom stereocenters. The fourth-order valence-electron chi connectivity index (χ4n) is 2.16. The van der Waals surface area contributed by atoms with Crippen molar-refractivity contribution in [1.29, 1.82) is 0 Å². The molecule has 0 amide bonds. The number of aromatic nitrogens is 1. The maximum atomic E-state index is 4.75. The summed E-state index contributed by atoms with van der Waals surface area (Å²) in [6.07, 6.45) is 4.23. The molecule has 1 fully saturated rings. The summed E-state index contributed by atoms with van der Waals surface area (Å²) >= 11 is 1.79. The first-order valence-electron chi connectivity index (χ1n) is 7.11. The van der Waals surface area contributed by atoms with Gasteiger partial charge in [-0.15, -0.1) is 11.3 Å². The average Bonchev–Trinajstić information content (AvgIpc) is 2.74. The van der Waals surface area contributed by atoms with Crippen LogP contribution >= 0.6 is 11.3 Å². The van der Waals surface area contributed by atoms with E-state index in [2.05, 4.69) is 36.4 Å². The molecule has 0 aliphatic heterocycles. The van der Waals surface area contributed by atoms with Gasteiger partial charge in [0.25, 0.3) is 0 Å². The molecule has 1 aromatic heterocycles. The number of anilines is 1. The molecule has 1 aliphatic rings. The Bertz CT molecular complexity index is 358. The standard InChI is InChI=1S/C14H25N3S/c1-4-17(9-12-6-5-7-12)14-16-13(10-18-14)8-15-11(2)3/h10-12,15H,4-9H2,1-3H3. The maximum Gasteiger partial charge on any atom is 0.185 e. The molecule has 1 N–H and O–H groups in total. The van der Waals surface area contributed by atoms with Crippen molar-refractivity contribution in [3.05, 3.63) is 11.1 Å². The van der Waals surface area contributed by atoms with Crippen LogP contribution in [0.15, 0.2) is 5.38 Å². The second-order valence-corrected chi connectivity index (χ2v) is 6.33. The zero-order valence-electron chi connectivity index (χ0n) is 11.8. The van der Waals surface area contributed by atoms with E-state index in [1.54, 1.807) is 11.3 Å². The normalized spacial score (nSPS) is 16.0. The Hall–Kier alpha value is -0.610. The summed E-state index contributed by atoms with van der Waals surface area (Å²) in [7, 11) is 0. The molecule has 102 valence electrons. The molecule has 1 heterocycles. The van der Waals surface area contributed by atoms with Crippen LogP contribution in [-0.4, -0.2) is 24.1 Å². The number of nitrogens with one attached hydrogen (secondary N) is 1. The van der Waals surface area contributed by atoms with Gasteiger partial charge in [-0.25, -0.2) is 4.98 Å². The van der Waals surface area contributed by atoms with Crippen molar-refractivity contribution in [3.63, 3.8) is 0 Å². The van der Waals surface area contributed by atoms with Gasteiger partial charge in [0, 0.05) is 31.1 Å². The molecule has 0 saturated heterocycles. The number of thiazole rings is 1. The summed E-state index contributed by atoms with van der Waals surface area (Å²) in [5, 5.41) is 6.81. The molecule has 2 rings (SSSR count). The van der Waals surface area contributed by atoms with Crippen LogP contribution in [0.4, 0.5) is 5.13 Å². The molecular weight excluding hydrogens is 242 g/mol. The highest BCUT2D eigenvalue weighted by molar-refractivity contribution is 7.13. The van der Waals surface area contributed by atoms with Gasteiger partial charge in [-0.3, -0.25) is 0 Å². The van der Waals surface area contributed by atoms with Crippen LogP contribution in [0, 0.1) is 5.92 Å². The Morgan fingerprint density at radius 1 is 1.50 bits per heavy atom. The third kappa shape index (κ3) is 3.69. The molecule has 0 bridgehead atoms. The zero-order chi connectivity index (χ0) is 13.0. The molecular formula is C14H25N3S. The molecule has 4 heteroatoms. The van der Waals surface area contributed by atoms with Gasteiger partial charge in [0.05, 0.1) is 5.69 Å². The van der Waals surface area contributed by atoms with Crippen LogP contribution in [0.1, 0.15) is 45.7 Å². The van der Waals surface area contributed by atoms with Gasteiger partial charge < -0.3 is 10.2 Å². The number of nitrogens with zero attached hydrogens (tertiary/aromatic N) is 2. The van der Waals surface area contributed by atoms with E-state index in [4.69, 9.17) is 4.98 Å². The van der Waals surface area contributed by atoms with Crippen molar-refractivity contribution in [1.82, 2.24) is 10.3 Å². The summed E-state index contributed by atoms with van der Waals surface area (Å²) in [5.74, 6) is 0.908. The quantitative estimate of drug-likeness (QED) is 0.822. The van der Waals surface area contributed by atoms with Crippen molar-refractivity contribution in [2.75, 3.05) is 18.0 Å². The van der Waals surface area contributed by atoms with E-state index in [-0.39, 0.29) is 0 Å². The highest BCUT2D eigenvalue weighted by Crippen LogP contribution is 2.30. The third-order valence-corrected chi connectivity index (χ3v) is 4.54. The summed E-state index contributed by atoms with van der Waals surface area (Å²) in [6, 6.07) is 0.521. The first-order chi connectivity index (χ1) is 8.69. The molecule has 18 heavy (non-hydrogen) atoms. The van der Waals surface area contributed by atoms with Gasteiger partial charge in [-0.2, -0.15) is 0 Å². The predicted molar refractivity (Wildman–Crippen MR) is 79.3 cm³/mol. The van der Waals surface area contributed by atoms with E-state index in [1.807, 2.05) is 0 Å². The van der Waals surface area contributed by atoms with Crippen molar-refractivity contribution in [2.24, 2.45) is 5.92 Å². The highest BCUT2D eigenvalue weighted by atomic mass is 32.1. The Balaban J connectivity index is 1.89. The molecule has 3 nitrogen and oxygen atoms in total. The second kappa shape index (κ2) is 6.53. The van der Waals surface area contributed by atoms with Crippen LogP contribution in [0.3, 0.4) is 0 Å². The number of rotatable bonds is 7. The topological polar surface area (TPSA) is 28.2 Å². The Morgan fingerprint density at radius 2 is 2.28 bits per heavy atom. The number of hydrogen-bond acceptors (Lipinski definition) is 4. The van der Waals surface area contributed by atoms with E-state index >= 15 is 0 Å². The molecule has 1 aliphatic carbocycles. The van der Waals surface area contributed by atoms with Crippen molar-refractivity contribution in [3.8, 4) is 0 Å². The van der Waals surface area contributed by atoms with Crippen molar-refractivity contribution in [2.45, 2.75) is 52.6 Å². The van der Waals surface area contributed by atoms with Crippen molar-refractivity contribution >= 4 is 16.5 Å². The lowest BCUT2D eigenvalue weighted by molar-refractivity contribution is 0.318. The van der Waals surface area contributed by atoms with Gasteiger partial charge in [0.15, 0.2) is 5.13 Å². The minimum atomic E-state index is 0.521. The summed E-state index contributed by atoms with van der Waals surface area (Å²) in [5.41, 5.74) is 1.18. The zero-order valence-corrected chi connectivity index (χ0v) is 12.6. The van der Waals surface area contributed by atoms with Gasteiger partial charge in [-0.05, 0) is 25.7 Å². The molecule has 1 aromatic rings. The Morgan fingerprint density at radius 3 is 2.83 bits per heavy atom. The molecule has 1 saturated carbocycles. The molecule has 0 radical (unpaired) electrons. The largest absolute Gasteiger partial charge is 0.348 e. The lowest BCUT2D eigenvalue weighted by atomic mass is 9.85. The summed E-state index contributed by atoms with van der Waals surface area (Å²) in [4.78, 5) is 7.18. The van der Waals surface area contributed by atoms with Gasteiger partial charge in [0.1, 0.15) is 0 Å². The molecule has 0 spiro atoms. The van der Waals surface area contributed by atoms with E-state index < -0.39 is 0 Å². The lowest BCUT2D eigenvalue weighted by Crippen LogP contribution is -2.32. The smallest absolute Gasteiger partial charge is 0.185 e. The molecule has 0 unspecified atom stereocenters. The monoisotopic (exact) mass is 267 g/mol. The van der Waals surface area contributed by atoms with E-state index in [0.717, 1.165) is 19.0 Å². The predicted octanol–water partition coefficient (Wildman–Crippen LogP) is 3.27. The second-order valence-electron chi connectivity index (χ2n) is 5.49. The summed E-state index contributed by atoms with van der Waals surface area (Å²) in [6.45, 7) is 9.72. The van der Waals surface area contributed by atoms with Gasteiger partial charge in [0.2, 0.25) is 0 Å². The van der Waals surface area contributed by atoms with E-state index in [1.165, 1.54) is 36.6 Å². The average molecular weight is 267 g/mol. The first kappa shape index (κ1) is 13.8. The highest BCUT2D eigenvalue weighted by Gasteiger charge is 2.21.